The molecule has 1 aliphatic heterocycles. The molecular weight excluding hydrogens is 305 g/mol. The first-order valence-corrected chi connectivity index (χ1v) is 7.99. The molecule has 3 nitrogen and oxygen atoms in total. The quantitative estimate of drug-likeness (QED) is 0.919. The van der Waals surface area contributed by atoms with Gasteiger partial charge in [-0.2, -0.15) is 13.2 Å². The number of likely N-dealkylation sites (tertiary alicyclic amines) is 1. The number of carbonyl (C=O) groups excluding carboxylic acids is 1. The zero-order valence-electron chi connectivity index (χ0n) is 13.3. The molecule has 1 aromatic carbocycles. The highest BCUT2D eigenvalue weighted by Crippen LogP contribution is 2.32. The first kappa shape index (κ1) is 17.8. The van der Waals surface area contributed by atoms with Crippen molar-refractivity contribution in [3.63, 3.8) is 0 Å². The van der Waals surface area contributed by atoms with Crippen molar-refractivity contribution in [3.05, 3.63) is 35.4 Å². The van der Waals surface area contributed by atoms with E-state index in [2.05, 4.69) is 0 Å². The Kier molecular flexibility index (Phi) is 5.68. The molecule has 1 amide bonds. The van der Waals surface area contributed by atoms with E-state index >= 15 is 0 Å². The number of rotatable bonds is 4. The molecule has 0 radical (unpaired) electrons. The van der Waals surface area contributed by atoms with Gasteiger partial charge in [0.2, 0.25) is 5.91 Å². The van der Waals surface area contributed by atoms with E-state index in [1.54, 1.807) is 17.9 Å². The van der Waals surface area contributed by atoms with E-state index in [0.29, 0.717) is 18.7 Å². The Morgan fingerprint density at radius 2 is 2.13 bits per heavy atom. The summed E-state index contributed by atoms with van der Waals surface area (Å²) >= 11 is 0. The highest BCUT2D eigenvalue weighted by atomic mass is 19.4. The summed E-state index contributed by atoms with van der Waals surface area (Å²) in [7, 11) is 0. The van der Waals surface area contributed by atoms with Crippen LogP contribution >= 0.6 is 0 Å². The molecule has 23 heavy (non-hydrogen) atoms. The zero-order chi connectivity index (χ0) is 17.0. The third-order valence-corrected chi connectivity index (χ3v) is 4.48. The first-order valence-electron chi connectivity index (χ1n) is 7.99. The highest BCUT2D eigenvalue weighted by Gasteiger charge is 2.31. The second kappa shape index (κ2) is 7.34. The summed E-state index contributed by atoms with van der Waals surface area (Å²) in [5.41, 5.74) is 5.58. The number of carbonyl (C=O) groups is 1. The summed E-state index contributed by atoms with van der Waals surface area (Å²) in [5.74, 6) is -0.282. The van der Waals surface area contributed by atoms with Gasteiger partial charge in [0.05, 0.1) is 5.56 Å². The van der Waals surface area contributed by atoms with Crippen molar-refractivity contribution in [3.8, 4) is 0 Å². The van der Waals surface area contributed by atoms with E-state index < -0.39 is 11.7 Å². The highest BCUT2D eigenvalue weighted by molar-refractivity contribution is 5.77. The van der Waals surface area contributed by atoms with Crippen LogP contribution in [0.1, 0.15) is 49.7 Å². The number of halogens is 3. The second-order valence-electron chi connectivity index (χ2n) is 6.20. The maximum atomic E-state index is 12.8. The zero-order valence-corrected chi connectivity index (χ0v) is 13.3. The predicted octanol–water partition coefficient (Wildman–Crippen LogP) is 3.54. The molecular formula is C17H23F3N2O. The van der Waals surface area contributed by atoms with Gasteiger partial charge in [0, 0.05) is 25.6 Å². The number of hydrogen-bond donors (Lipinski definition) is 1. The molecule has 2 atom stereocenters. The van der Waals surface area contributed by atoms with Crippen LogP contribution < -0.4 is 5.73 Å². The lowest BCUT2D eigenvalue weighted by molar-refractivity contribution is -0.137. The smallest absolute Gasteiger partial charge is 0.338 e. The second-order valence-corrected chi connectivity index (χ2v) is 6.20. The first-order chi connectivity index (χ1) is 10.8. The van der Waals surface area contributed by atoms with Gasteiger partial charge < -0.3 is 10.6 Å². The van der Waals surface area contributed by atoms with Gasteiger partial charge in [0.1, 0.15) is 0 Å². The molecule has 0 spiro atoms. The van der Waals surface area contributed by atoms with Gasteiger partial charge in [-0.3, -0.25) is 4.79 Å². The standard InChI is InChI=1S/C17H23F3N2O/c1-12(13-5-4-6-14(10-13)17(18,19)20)9-16(23)22-8-3-2-7-15(22)11-21/h4-6,10,12,15H,2-3,7-9,11,21H2,1H3. The number of benzene rings is 1. The molecule has 0 aliphatic carbocycles. The van der Waals surface area contributed by atoms with E-state index in [9.17, 15) is 18.0 Å². The lowest BCUT2D eigenvalue weighted by Crippen LogP contribution is -2.47. The monoisotopic (exact) mass is 328 g/mol. The minimum absolute atomic E-state index is 0.0231. The fourth-order valence-corrected chi connectivity index (χ4v) is 3.09. The number of alkyl halides is 3. The van der Waals surface area contributed by atoms with E-state index in [-0.39, 0.29) is 24.3 Å². The van der Waals surface area contributed by atoms with Crippen LogP contribution in [-0.2, 0) is 11.0 Å². The van der Waals surface area contributed by atoms with E-state index in [4.69, 9.17) is 5.73 Å². The average Bonchev–Trinajstić information content (AvgIpc) is 2.54. The largest absolute Gasteiger partial charge is 0.416 e. The van der Waals surface area contributed by atoms with Crippen molar-refractivity contribution in [2.45, 2.75) is 50.7 Å². The lowest BCUT2D eigenvalue weighted by atomic mass is 9.94. The molecule has 128 valence electrons. The van der Waals surface area contributed by atoms with Gasteiger partial charge in [-0.25, -0.2) is 0 Å². The molecule has 1 aromatic rings. The number of nitrogens with two attached hydrogens (primary N) is 1. The van der Waals surface area contributed by atoms with Crippen LogP contribution in [0.5, 0.6) is 0 Å². The SMILES string of the molecule is CC(CC(=O)N1CCCCC1CN)c1cccc(C(F)(F)F)c1. The fraction of sp³-hybridized carbons (Fsp3) is 0.588. The summed E-state index contributed by atoms with van der Waals surface area (Å²) in [5, 5.41) is 0. The van der Waals surface area contributed by atoms with Crippen molar-refractivity contribution in [2.75, 3.05) is 13.1 Å². The molecule has 2 unspecified atom stereocenters. The molecule has 2 rings (SSSR count). The molecule has 1 aliphatic rings. The average molecular weight is 328 g/mol. The molecule has 0 saturated carbocycles. The van der Waals surface area contributed by atoms with E-state index in [0.717, 1.165) is 31.4 Å². The van der Waals surface area contributed by atoms with Crippen LogP contribution in [0.15, 0.2) is 24.3 Å². The third-order valence-electron chi connectivity index (χ3n) is 4.48. The van der Waals surface area contributed by atoms with Gasteiger partial charge in [0.25, 0.3) is 0 Å². The number of amides is 1. The predicted molar refractivity (Wildman–Crippen MR) is 82.9 cm³/mol. The molecule has 1 saturated heterocycles. The lowest BCUT2D eigenvalue weighted by Gasteiger charge is -2.35. The van der Waals surface area contributed by atoms with Crippen LogP contribution in [0.4, 0.5) is 13.2 Å². The van der Waals surface area contributed by atoms with Crippen LogP contribution in [0.25, 0.3) is 0 Å². The van der Waals surface area contributed by atoms with Crippen LogP contribution in [0, 0.1) is 0 Å². The van der Waals surface area contributed by atoms with Crippen molar-refractivity contribution in [1.29, 1.82) is 0 Å². The summed E-state index contributed by atoms with van der Waals surface area (Å²) in [6.07, 6.45) is -1.23. The van der Waals surface area contributed by atoms with Crippen LogP contribution in [0.2, 0.25) is 0 Å². The van der Waals surface area contributed by atoms with Crippen molar-refractivity contribution < 1.29 is 18.0 Å². The molecule has 1 heterocycles. The maximum Gasteiger partial charge on any atom is 0.416 e. The summed E-state index contributed by atoms with van der Waals surface area (Å²) in [6, 6.07) is 5.28. The molecule has 0 bridgehead atoms. The van der Waals surface area contributed by atoms with Crippen molar-refractivity contribution in [2.24, 2.45) is 5.73 Å². The van der Waals surface area contributed by atoms with Crippen LogP contribution in [0.3, 0.4) is 0 Å². The van der Waals surface area contributed by atoms with Crippen molar-refractivity contribution >= 4 is 5.91 Å². The Labute approximate surface area is 134 Å². The van der Waals surface area contributed by atoms with Gasteiger partial charge in [0.15, 0.2) is 0 Å². The Balaban J connectivity index is 2.06. The minimum atomic E-state index is -4.36. The molecule has 1 fully saturated rings. The third kappa shape index (κ3) is 4.47. The summed E-state index contributed by atoms with van der Waals surface area (Å²) in [6.45, 7) is 2.91. The minimum Gasteiger partial charge on any atom is -0.338 e. The summed E-state index contributed by atoms with van der Waals surface area (Å²) in [4.78, 5) is 14.3. The molecule has 0 aromatic heterocycles. The molecule has 6 heteroatoms. The number of piperidine rings is 1. The number of hydrogen-bond acceptors (Lipinski definition) is 2. The van der Waals surface area contributed by atoms with Crippen molar-refractivity contribution in [1.82, 2.24) is 4.90 Å². The summed E-state index contributed by atoms with van der Waals surface area (Å²) < 4.78 is 38.4. The Hall–Kier alpha value is -1.56. The Morgan fingerprint density at radius 1 is 1.39 bits per heavy atom. The topological polar surface area (TPSA) is 46.3 Å². The van der Waals surface area contributed by atoms with Crippen LogP contribution in [-0.4, -0.2) is 29.9 Å². The van der Waals surface area contributed by atoms with E-state index in [1.807, 2.05) is 0 Å². The molecule has 2 N–H and O–H groups in total. The van der Waals surface area contributed by atoms with Gasteiger partial charge in [-0.05, 0) is 36.8 Å². The Bertz CT molecular complexity index is 545. The number of nitrogens with zero attached hydrogens (tertiary/aromatic N) is 1. The van der Waals surface area contributed by atoms with Gasteiger partial charge in [-0.1, -0.05) is 25.1 Å². The van der Waals surface area contributed by atoms with E-state index in [1.165, 1.54) is 6.07 Å². The Morgan fingerprint density at radius 3 is 2.78 bits per heavy atom. The van der Waals surface area contributed by atoms with Gasteiger partial charge in [-0.15, -0.1) is 0 Å². The normalized spacial score (nSPS) is 20.4. The fourth-order valence-electron chi connectivity index (χ4n) is 3.09. The van der Waals surface area contributed by atoms with Gasteiger partial charge >= 0.3 is 6.18 Å². The maximum absolute atomic E-state index is 12.8.